The van der Waals surface area contributed by atoms with Crippen molar-refractivity contribution in [2.24, 2.45) is 23.2 Å². The first kappa shape index (κ1) is 17.5. The number of hydrogen-bond acceptors (Lipinski definition) is 2. The maximum atomic E-state index is 12.7. The van der Waals surface area contributed by atoms with Crippen LogP contribution in [0.1, 0.15) is 61.8 Å². The second kappa shape index (κ2) is 6.46. The van der Waals surface area contributed by atoms with Crippen LogP contribution in [0.3, 0.4) is 0 Å². The summed E-state index contributed by atoms with van der Waals surface area (Å²) in [5.41, 5.74) is 0.151. The molecular formula is C17H34N2O. The quantitative estimate of drug-likeness (QED) is 0.808. The molecule has 2 atom stereocenters. The molecule has 1 fully saturated rings. The van der Waals surface area contributed by atoms with Crippen LogP contribution in [-0.4, -0.2) is 29.6 Å². The van der Waals surface area contributed by atoms with Gasteiger partial charge in [-0.05, 0) is 29.6 Å². The van der Waals surface area contributed by atoms with Crippen LogP contribution in [0.15, 0.2) is 0 Å². The summed E-state index contributed by atoms with van der Waals surface area (Å²) in [6, 6.07) is -0.0123. The highest BCUT2D eigenvalue weighted by Gasteiger charge is 2.42. The molecule has 1 aliphatic heterocycles. The summed E-state index contributed by atoms with van der Waals surface area (Å²) in [4.78, 5) is 14.8. The maximum Gasteiger partial charge on any atom is 0.241 e. The molecule has 0 aliphatic carbocycles. The number of hydrogen-bond donors (Lipinski definition) is 1. The summed E-state index contributed by atoms with van der Waals surface area (Å²) < 4.78 is 0. The Morgan fingerprint density at radius 1 is 1.15 bits per heavy atom. The number of nitrogens with zero attached hydrogens (tertiary/aromatic N) is 1. The van der Waals surface area contributed by atoms with Gasteiger partial charge in [0.05, 0.1) is 12.2 Å². The van der Waals surface area contributed by atoms with Gasteiger partial charge >= 0.3 is 0 Å². The molecule has 1 heterocycles. The monoisotopic (exact) mass is 282 g/mol. The van der Waals surface area contributed by atoms with Gasteiger partial charge in [0, 0.05) is 6.54 Å². The summed E-state index contributed by atoms with van der Waals surface area (Å²) >= 11 is 0. The minimum Gasteiger partial charge on any atom is -0.325 e. The van der Waals surface area contributed by atoms with Gasteiger partial charge in [0.2, 0.25) is 5.91 Å². The lowest BCUT2D eigenvalue weighted by molar-refractivity contribution is -0.132. The molecule has 0 saturated carbocycles. The Kier molecular flexibility index (Phi) is 5.65. The molecule has 20 heavy (non-hydrogen) atoms. The zero-order valence-electron chi connectivity index (χ0n) is 14.7. The molecule has 0 radical (unpaired) electrons. The van der Waals surface area contributed by atoms with E-state index in [1.807, 2.05) is 0 Å². The van der Waals surface area contributed by atoms with Gasteiger partial charge in [0.1, 0.15) is 0 Å². The fraction of sp³-hybridized carbons (Fsp3) is 0.941. The highest BCUT2D eigenvalue weighted by molar-refractivity contribution is 5.84. The number of amides is 1. The van der Waals surface area contributed by atoms with E-state index >= 15 is 0 Å². The number of carbonyl (C=O) groups excluding carboxylic acids is 1. The Hall–Kier alpha value is -0.570. The zero-order valence-corrected chi connectivity index (χ0v) is 14.7. The van der Waals surface area contributed by atoms with E-state index in [4.69, 9.17) is 0 Å². The van der Waals surface area contributed by atoms with E-state index in [1.165, 1.54) is 0 Å². The van der Waals surface area contributed by atoms with Crippen molar-refractivity contribution in [3.8, 4) is 0 Å². The Morgan fingerprint density at radius 2 is 1.70 bits per heavy atom. The minimum atomic E-state index is -0.0123. The first-order chi connectivity index (χ1) is 9.06. The van der Waals surface area contributed by atoms with Crippen molar-refractivity contribution in [3.63, 3.8) is 0 Å². The van der Waals surface area contributed by atoms with Crippen LogP contribution < -0.4 is 5.32 Å². The van der Waals surface area contributed by atoms with Gasteiger partial charge in [-0.15, -0.1) is 0 Å². The molecule has 3 nitrogen and oxygen atoms in total. The SMILES string of the molecule is CC(C)CC1NC(C(C)C)C(=O)N1CC(C)(C)C(C)C. The van der Waals surface area contributed by atoms with E-state index in [2.05, 4.69) is 65.6 Å². The summed E-state index contributed by atoms with van der Waals surface area (Å²) in [6.07, 6.45) is 1.23. The normalized spacial score (nSPS) is 24.6. The fourth-order valence-corrected chi connectivity index (χ4v) is 2.63. The molecule has 1 N–H and O–H groups in total. The lowest BCUT2D eigenvalue weighted by Gasteiger charge is -2.36. The topological polar surface area (TPSA) is 32.3 Å². The van der Waals surface area contributed by atoms with Gasteiger partial charge in [-0.1, -0.05) is 55.4 Å². The molecule has 0 bridgehead atoms. The smallest absolute Gasteiger partial charge is 0.241 e. The molecule has 0 aromatic rings. The van der Waals surface area contributed by atoms with Crippen molar-refractivity contribution in [3.05, 3.63) is 0 Å². The molecule has 2 unspecified atom stereocenters. The molecule has 1 aliphatic rings. The third kappa shape index (κ3) is 3.97. The minimum absolute atomic E-state index is 0.0123. The molecular weight excluding hydrogens is 248 g/mol. The van der Waals surface area contributed by atoms with Crippen LogP contribution in [0.5, 0.6) is 0 Å². The van der Waals surface area contributed by atoms with Gasteiger partial charge in [-0.3, -0.25) is 10.1 Å². The third-order valence-electron chi connectivity index (χ3n) is 4.80. The Bertz CT molecular complexity index is 334. The molecule has 1 amide bonds. The van der Waals surface area contributed by atoms with Gasteiger partial charge in [-0.2, -0.15) is 0 Å². The van der Waals surface area contributed by atoms with E-state index in [9.17, 15) is 4.79 Å². The second-order valence-corrected chi connectivity index (χ2v) is 8.14. The largest absolute Gasteiger partial charge is 0.325 e. The molecule has 0 aromatic heterocycles. The molecule has 118 valence electrons. The van der Waals surface area contributed by atoms with Crippen LogP contribution in [-0.2, 0) is 4.79 Å². The highest BCUT2D eigenvalue weighted by atomic mass is 16.2. The van der Waals surface area contributed by atoms with Crippen LogP contribution >= 0.6 is 0 Å². The van der Waals surface area contributed by atoms with E-state index < -0.39 is 0 Å². The summed E-state index contributed by atoms with van der Waals surface area (Å²) in [5, 5.41) is 3.56. The Morgan fingerprint density at radius 3 is 2.10 bits per heavy atom. The first-order valence-electron chi connectivity index (χ1n) is 8.12. The molecule has 3 heteroatoms. The average Bonchev–Trinajstić information content (AvgIpc) is 2.56. The third-order valence-corrected chi connectivity index (χ3v) is 4.80. The van der Waals surface area contributed by atoms with Crippen molar-refractivity contribution >= 4 is 5.91 Å². The van der Waals surface area contributed by atoms with Gasteiger partial charge in [-0.25, -0.2) is 0 Å². The highest BCUT2D eigenvalue weighted by Crippen LogP contribution is 2.31. The van der Waals surface area contributed by atoms with Crippen LogP contribution in [0.4, 0.5) is 0 Å². The van der Waals surface area contributed by atoms with Crippen molar-refractivity contribution in [2.45, 2.75) is 74.0 Å². The maximum absolute atomic E-state index is 12.7. The number of carbonyl (C=O) groups is 1. The molecule has 0 aromatic carbocycles. The Labute approximate surface area is 125 Å². The molecule has 1 rings (SSSR count). The standard InChI is InChI=1S/C17H34N2O/c1-11(2)9-14-18-15(12(3)4)16(20)19(14)10-17(7,8)13(5)6/h11-15,18H,9-10H2,1-8H3. The zero-order chi connectivity index (χ0) is 15.7. The van der Waals surface area contributed by atoms with Crippen molar-refractivity contribution in [2.75, 3.05) is 6.54 Å². The van der Waals surface area contributed by atoms with E-state index in [1.54, 1.807) is 0 Å². The van der Waals surface area contributed by atoms with Crippen molar-refractivity contribution < 1.29 is 4.79 Å². The van der Waals surface area contributed by atoms with Crippen molar-refractivity contribution in [1.29, 1.82) is 0 Å². The lowest BCUT2D eigenvalue weighted by atomic mass is 9.80. The van der Waals surface area contributed by atoms with E-state index in [0.717, 1.165) is 13.0 Å². The summed E-state index contributed by atoms with van der Waals surface area (Å²) in [6.45, 7) is 18.5. The number of rotatable bonds is 6. The average molecular weight is 282 g/mol. The summed E-state index contributed by atoms with van der Waals surface area (Å²) in [7, 11) is 0. The van der Waals surface area contributed by atoms with Gasteiger partial charge in [0.15, 0.2) is 0 Å². The molecule has 1 saturated heterocycles. The predicted octanol–water partition coefficient (Wildman–Crippen LogP) is 3.50. The predicted molar refractivity (Wildman–Crippen MR) is 85.3 cm³/mol. The van der Waals surface area contributed by atoms with Crippen molar-refractivity contribution in [1.82, 2.24) is 10.2 Å². The molecule has 0 spiro atoms. The fourth-order valence-electron chi connectivity index (χ4n) is 2.63. The second-order valence-electron chi connectivity index (χ2n) is 8.14. The number of nitrogens with one attached hydrogen (secondary N) is 1. The Balaban J connectivity index is 2.90. The first-order valence-corrected chi connectivity index (χ1v) is 8.12. The summed E-state index contributed by atoms with van der Waals surface area (Å²) in [5.74, 6) is 1.80. The lowest BCUT2D eigenvalue weighted by Crippen LogP contribution is -2.45. The van der Waals surface area contributed by atoms with Gasteiger partial charge < -0.3 is 4.90 Å². The van der Waals surface area contributed by atoms with E-state index in [-0.39, 0.29) is 17.6 Å². The van der Waals surface area contributed by atoms with Crippen LogP contribution in [0, 0.1) is 23.2 Å². The van der Waals surface area contributed by atoms with Gasteiger partial charge in [0.25, 0.3) is 0 Å². The van der Waals surface area contributed by atoms with E-state index in [0.29, 0.717) is 23.7 Å². The van der Waals surface area contributed by atoms with Crippen LogP contribution in [0.2, 0.25) is 0 Å². The van der Waals surface area contributed by atoms with Crippen LogP contribution in [0.25, 0.3) is 0 Å².